The first-order chi connectivity index (χ1) is 30.9. The lowest BCUT2D eigenvalue weighted by atomic mass is 9.32. The monoisotopic (exact) mass is 943 g/mol. The molecule has 0 aromatic carbocycles. The number of hydrogen-bond acceptors (Lipinski definition) is 18. The van der Waals surface area contributed by atoms with Crippen LogP contribution >= 0.6 is 0 Å². The maximum absolute atomic E-state index is 15.0. The fourth-order valence-corrected chi connectivity index (χ4v) is 15.7. The van der Waals surface area contributed by atoms with Crippen molar-refractivity contribution in [2.45, 2.75) is 204 Å². The molecule has 66 heavy (non-hydrogen) atoms. The van der Waals surface area contributed by atoms with Crippen LogP contribution in [0.2, 0.25) is 0 Å². The van der Waals surface area contributed by atoms with Gasteiger partial charge in [-0.3, -0.25) is 4.79 Å². The van der Waals surface area contributed by atoms with Crippen molar-refractivity contribution >= 4 is 5.97 Å². The Kier molecular flexibility index (Phi) is 14.1. The van der Waals surface area contributed by atoms with Gasteiger partial charge < -0.3 is 84.6 Å². The molecule has 0 amide bonds. The van der Waals surface area contributed by atoms with Crippen LogP contribution in [-0.2, 0) is 33.2 Å². The minimum Gasteiger partial charge on any atom is -0.432 e. The summed E-state index contributed by atoms with van der Waals surface area (Å²) in [4.78, 5) is 15.0. The van der Waals surface area contributed by atoms with E-state index in [-0.39, 0.29) is 46.5 Å². The molecular formula is C48H78O18. The molecule has 18 nitrogen and oxygen atoms in total. The molecule has 8 aliphatic rings. The van der Waals surface area contributed by atoms with Crippen LogP contribution in [0.4, 0.5) is 0 Å². The maximum atomic E-state index is 15.0. The van der Waals surface area contributed by atoms with Gasteiger partial charge >= 0.3 is 5.97 Å². The van der Waals surface area contributed by atoms with Crippen LogP contribution in [0.3, 0.4) is 0 Å². The molecule has 11 N–H and O–H groups in total. The van der Waals surface area contributed by atoms with Crippen LogP contribution in [0.25, 0.3) is 0 Å². The van der Waals surface area contributed by atoms with Crippen molar-refractivity contribution in [3.63, 3.8) is 0 Å². The van der Waals surface area contributed by atoms with Gasteiger partial charge in [0, 0.05) is 5.41 Å². The Balaban J connectivity index is 0.965. The predicted octanol–water partition coefficient (Wildman–Crippen LogP) is -0.00360. The van der Waals surface area contributed by atoms with E-state index in [1.54, 1.807) is 0 Å². The smallest absolute Gasteiger partial charge is 0.314 e. The van der Waals surface area contributed by atoms with Crippen LogP contribution in [0.15, 0.2) is 12.2 Å². The maximum Gasteiger partial charge on any atom is 0.314 e. The summed E-state index contributed by atoms with van der Waals surface area (Å²) in [5.41, 5.74) is -0.817. The van der Waals surface area contributed by atoms with Crippen molar-refractivity contribution in [3.05, 3.63) is 12.2 Å². The number of carbonyl (C=O) groups is 1. The van der Waals surface area contributed by atoms with E-state index in [1.807, 2.05) is 6.92 Å². The van der Waals surface area contributed by atoms with Gasteiger partial charge in [-0.05, 0) is 124 Å². The van der Waals surface area contributed by atoms with Crippen molar-refractivity contribution in [1.29, 1.82) is 0 Å². The Morgan fingerprint density at radius 3 is 1.97 bits per heavy atom. The molecule has 5 aliphatic carbocycles. The normalized spacial score (nSPS) is 56.0. The highest BCUT2D eigenvalue weighted by Gasteiger charge is 2.73. The van der Waals surface area contributed by atoms with Gasteiger partial charge in [-0.1, -0.05) is 39.8 Å². The molecule has 0 unspecified atom stereocenters. The second-order valence-corrected chi connectivity index (χ2v) is 22.8. The molecular weight excluding hydrogens is 865 g/mol. The van der Waals surface area contributed by atoms with Crippen molar-refractivity contribution in [1.82, 2.24) is 0 Å². The zero-order valence-electron chi connectivity index (χ0n) is 39.3. The quantitative estimate of drug-likeness (QED) is 0.101. The molecule has 3 aliphatic heterocycles. The first-order valence-corrected chi connectivity index (χ1v) is 24.4. The molecule has 0 radical (unpaired) electrons. The lowest BCUT2D eigenvalue weighted by molar-refractivity contribution is -0.361. The van der Waals surface area contributed by atoms with Crippen LogP contribution < -0.4 is 0 Å². The van der Waals surface area contributed by atoms with Crippen LogP contribution in [-0.4, -0.2) is 180 Å². The molecule has 0 spiro atoms. The summed E-state index contributed by atoms with van der Waals surface area (Å²) < 4.78 is 34.7. The Bertz CT molecular complexity index is 1770. The number of fused-ring (bicyclic) bond motifs is 7. The van der Waals surface area contributed by atoms with Gasteiger partial charge in [0.05, 0.1) is 37.4 Å². The number of carbonyl (C=O) groups excluding carboxylic acids is 1. The van der Waals surface area contributed by atoms with Crippen molar-refractivity contribution in [3.8, 4) is 0 Å². The fourth-order valence-electron chi connectivity index (χ4n) is 15.7. The lowest BCUT2D eigenvalue weighted by Crippen LogP contribution is -2.68. The molecule has 26 atom stereocenters. The molecule has 0 aromatic rings. The summed E-state index contributed by atoms with van der Waals surface area (Å²) in [7, 11) is 0. The summed E-state index contributed by atoms with van der Waals surface area (Å²) in [5.74, 6) is 0.0482. The summed E-state index contributed by atoms with van der Waals surface area (Å²) in [6, 6.07) is 0. The molecule has 3 saturated heterocycles. The zero-order valence-corrected chi connectivity index (χ0v) is 39.3. The number of ether oxygens (including phenoxy) is 6. The molecule has 3 heterocycles. The standard InChI is InChI=1S/C48H78O18/c1-21(2)23-10-15-48(17-16-46(6)24(30(23)48)8-9-28-44(4)13-12-29(51)45(5,20-50)27(44)11-14-47(28,46)7)43(60)66-42-37(58)34(55)32(53)26(64-42)19-61-40-38(59)35(56)39(25(18-49)63-40)65-41-36(57)33(54)31(52)22(3)62-41/h22-42,49-59H,1,8-20H2,2-7H3/t22-,23+,24-,25-,26-,27-,28-,29-,30-,31-,32-,33+,34+,35-,36-,37-,38-,39-,40-,41-,42+,44+,45+,46-,47-,48+/m1/s1. The number of esters is 1. The molecule has 5 saturated carbocycles. The molecule has 378 valence electrons. The Hall–Kier alpha value is -1.43. The van der Waals surface area contributed by atoms with Crippen molar-refractivity contribution in [2.24, 2.45) is 56.7 Å². The summed E-state index contributed by atoms with van der Waals surface area (Å²) in [6.45, 7) is 15.8. The van der Waals surface area contributed by atoms with E-state index in [1.165, 1.54) is 6.92 Å². The predicted molar refractivity (Wildman–Crippen MR) is 230 cm³/mol. The van der Waals surface area contributed by atoms with Gasteiger partial charge in [-0.25, -0.2) is 0 Å². The second-order valence-electron chi connectivity index (χ2n) is 22.8. The van der Waals surface area contributed by atoms with Gasteiger partial charge in [0.2, 0.25) is 6.29 Å². The molecule has 18 heteroatoms. The minimum absolute atomic E-state index is 0.0378. The number of aliphatic hydroxyl groups excluding tert-OH is 11. The third kappa shape index (κ3) is 7.69. The molecule has 8 fully saturated rings. The van der Waals surface area contributed by atoms with E-state index in [2.05, 4.69) is 34.3 Å². The molecule has 0 aromatic heterocycles. The third-order valence-corrected chi connectivity index (χ3v) is 19.8. The number of allylic oxidation sites excluding steroid dienone is 1. The van der Waals surface area contributed by atoms with E-state index in [4.69, 9.17) is 28.4 Å². The van der Waals surface area contributed by atoms with Crippen LogP contribution in [0, 0.1) is 56.7 Å². The van der Waals surface area contributed by atoms with Crippen molar-refractivity contribution in [2.75, 3.05) is 19.8 Å². The average Bonchev–Trinajstić information content (AvgIpc) is 3.69. The summed E-state index contributed by atoms with van der Waals surface area (Å²) >= 11 is 0. The van der Waals surface area contributed by atoms with Crippen molar-refractivity contribution < 1.29 is 89.4 Å². The first kappa shape index (κ1) is 50.9. The fraction of sp³-hybridized carbons (Fsp3) is 0.938. The van der Waals surface area contributed by atoms with Crippen LogP contribution in [0.1, 0.15) is 106 Å². The SMILES string of the molecule is C=C(C)[C@@H]1CC[C@]2(C(=O)O[C@@H]3O[C@H](CO[C@@H]4O[C@H](CO)[C@@H](O[C@H]5O[C@H](C)[C@@H](O)[C@H](O)[C@H]5O)[C@H](O)[C@H]4O)[C@@H](O)[C@H](O)[C@H]3O)CC[C@]3(C)[C@H](CC[C@@H]4[C@@]5(C)CC[C@@H](O)[C@@](C)(CO)[C@@H]5CC[C@]43C)[C@@H]12. The summed E-state index contributed by atoms with van der Waals surface area (Å²) in [6.07, 6.45) is -16.9. The van der Waals surface area contributed by atoms with E-state index >= 15 is 0 Å². The first-order valence-electron chi connectivity index (χ1n) is 24.4. The van der Waals surface area contributed by atoms with E-state index < -0.39 is 128 Å². The van der Waals surface area contributed by atoms with Gasteiger partial charge in [0.15, 0.2) is 12.6 Å². The third-order valence-electron chi connectivity index (χ3n) is 19.8. The van der Waals surface area contributed by atoms with E-state index in [0.717, 1.165) is 50.5 Å². The van der Waals surface area contributed by atoms with E-state index in [9.17, 15) is 61.0 Å². The highest BCUT2D eigenvalue weighted by molar-refractivity contribution is 5.78. The van der Waals surface area contributed by atoms with Gasteiger partial charge in [-0.15, -0.1) is 0 Å². The number of hydrogen-bond donors (Lipinski definition) is 11. The molecule has 0 bridgehead atoms. The van der Waals surface area contributed by atoms with Gasteiger partial charge in [0.1, 0.15) is 67.1 Å². The largest absolute Gasteiger partial charge is 0.432 e. The second kappa shape index (κ2) is 18.3. The summed E-state index contributed by atoms with van der Waals surface area (Å²) in [5, 5.41) is 118. The zero-order chi connectivity index (χ0) is 48.2. The highest BCUT2D eigenvalue weighted by atomic mass is 16.8. The highest BCUT2D eigenvalue weighted by Crippen LogP contribution is 2.77. The van der Waals surface area contributed by atoms with Gasteiger partial charge in [0.25, 0.3) is 0 Å². The lowest BCUT2D eigenvalue weighted by Gasteiger charge is -2.72. The Morgan fingerprint density at radius 1 is 0.652 bits per heavy atom. The Labute approximate surface area is 387 Å². The number of aliphatic hydroxyl groups is 11. The van der Waals surface area contributed by atoms with Gasteiger partial charge in [-0.2, -0.15) is 0 Å². The topological polar surface area (TPSA) is 295 Å². The molecule has 8 rings (SSSR count). The average molecular weight is 943 g/mol. The van der Waals surface area contributed by atoms with Crippen LogP contribution in [0.5, 0.6) is 0 Å². The Morgan fingerprint density at radius 2 is 1.30 bits per heavy atom. The minimum atomic E-state index is -1.85. The van der Waals surface area contributed by atoms with E-state index in [0.29, 0.717) is 25.2 Å². The number of rotatable bonds is 10.